The van der Waals surface area contributed by atoms with Crippen molar-refractivity contribution in [2.45, 2.75) is 26.9 Å². The first-order valence-corrected chi connectivity index (χ1v) is 7.81. The first kappa shape index (κ1) is 17.5. The maximum atomic E-state index is 12.6. The van der Waals surface area contributed by atoms with E-state index in [0.29, 0.717) is 12.1 Å². The second-order valence-electron chi connectivity index (χ2n) is 5.44. The van der Waals surface area contributed by atoms with Crippen LogP contribution in [0, 0.1) is 6.92 Å². The minimum Gasteiger partial charge on any atom is -0.507 e. The Hall–Kier alpha value is -2.82. The van der Waals surface area contributed by atoms with E-state index < -0.39 is 12.1 Å². The number of aromatic hydroxyl groups is 1. The van der Waals surface area contributed by atoms with Gasteiger partial charge in [0.05, 0.1) is 0 Å². The third kappa shape index (κ3) is 3.74. The monoisotopic (exact) mass is 327 g/mol. The Morgan fingerprint density at radius 3 is 2.42 bits per heavy atom. The molecular weight excluding hydrogens is 306 g/mol. The molecular formula is C19H21NO4. The lowest BCUT2D eigenvalue weighted by atomic mass is 10.1. The Bertz CT molecular complexity index is 727. The van der Waals surface area contributed by atoms with Gasteiger partial charge in [0.25, 0.3) is 5.91 Å². The van der Waals surface area contributed by atoms with E-state index in [0.717, 1.165) is 5.69 Å². The maximum absolute atomic E-state index is 12.6. The summed E-state index contributed by atoms with van der Waals surface area (Å²) in [7, 11) is 0. The molecule has 24 heavy (non-hydrogen) atoms. The van der Waals surface area contributed by atoms with E-state index >= 15 is 0 Å². The topological polar surface area (TPSA) is 66.8 Å². The Morgan fingerprint density at radius 1 is 1.12 bits per heavy atom. The second-order valence-corrected chi connectivity index (χ2v) is 5.44. The number of phenols is 1. The molecule has 0 unspecified atom stereocenters. The average Bonchev–Trinajstić information content (AvgIpc) is 2.58. The van der Waals surface area contributed by atoms with Crippen molar-refractivity contribution in [3.63, 3.8) is 0 Å². The summed E-state index contributed by atoms with van der Waals surface area (Å²) >= 11 is 0. The van der Waals surface area contributed by atoms with Gasteiger partial charge >= 0.3 is 5.97 Å². The van der Waals surface area contributed by atoms with Crippen LogP contribution in [-0.4, -0.2) is 29.6 Å². The van der Waals surface area contributed by atoms with Crippen molar-refractivity contribution in [2.24, 2.45) is 0 Å². The molecule has 0 saturated carbocycles. The van der Waals surface area contributed by atoms with Gasteiger partial charge in [-0.2, -0.15) is 0 Å². The summed E-state index contributed by atoms with van der Waals surface area (Å²) in [5.41, 5.74) is 1.37. The first-order chi connectivity index (χ1) is 11.5. The van der Waals surface area contributed by atoms with Gasteiger partial charge in [0, 0.05) is 12.2 Å². The number of benzene rings is 2. The van der Waals surface area contributed by atoms with Gasteiger partial charge in [-0.05, 0) is 44.5 Å². The summed E-state index contributed by atoms with van der Waals surface area (Å²) in [6.07, 6.45) is -0.961. The predicted molar refractivity (Wildman–Crippen MR) is 92.2 cm³/mol. The third-order valence-electron chi connectivity index (χ3n) is 3.74. The average molecular weight is 327 g/mol. The van der Waals surface area contributed by atoms with E-state index in [1.54, 1.807) is 24.0 Å². The fourth-order valence-corrected chi connectivity index (χ4v) is 2.39. The number of para-hydroxylation sites is 2. The van der Waals surface area contributed by atoms with E-state index in [2.05, 4.69) is 0 Å². The molecule has 5 nitrogen and oxygen atoms in total. The lowest BCUT2D eigenvalue weighted by Crippen LogP contribution is -2.40. The molecule has 0 aliphatic carbocycles. The quantitative estimate of drug-likeness (QED) is 0.856. The number of rotatable bonds is 5. The van der Waals surface area contributed by atoms with Gasteiger partial charge in [-0.25, -0.2) is 4.79 Å². The summed E-state index contributed by atoms with van der Waals surface area (Å²) in [5.74, 6) is -1.16. The molecule has 1 N–H and O–H groups in total. The van der Waals surface area contributed by atoms with Crippen LogP contribution in [0.4, 0.5) is 5.69 Å². The van der Waals surface area contributed by atoms with Gasteiger partial charge in [-0.3, -0.25) is 4.79 Å². The molecule has 0 bridgehead atoms. The molecule has 1 atom stereocenters. The number of ether oxygens (including phenoxy) is 1. The maximum Gasteiger partial charge on any atom is 0.342 e. The number of hydrogen-bond acceptors (Lipinski definition) is 4. The van der Waals surface area contributed by atoms with E-state index in [9.17, 15) is 14.7 Å². The predicted octanol–water partition coefficient (Wildman–Crippen LogP) is 3.30. The number of carbonyl (C=O) groups excluding carboxylic acids is 2. The molecule has 0 saturated heterocycles. The highest BCUT2D eigenvalue weighted by atomic mass is 16.5. The van der Waals surface area contributed by atoms with Gasteiger partial charge < -0.3 is 14.7 Å². The molecule has 0 radical (unpaired) electrons. The van der Waals surface area contributed by atoms with Crippen LogP contribution in [0.3, 0.4) is 0 Å². The number of esters is 1. The highest BCUT2D eigenvalue weighted by molar-refractivity contribution is 5.99. The van der Waals surface area contributed by atoms with Gasteiger partial charge in [0.1, 0.15) is 11.3 Å². The van der Waals surface area contributed by atoms with Crippen LogP contribution in [0.1, 0.15) is 29.8 Å². The van der Waals surface area contributed by atoms with E-state index in [1.165, 1.54) is 13.0 Å². The Morgan fingerprint density at radius 2 is 1.79 bits per heavy atom. The summed E-state index contributed by atoms with van der Waals surface area (Å²) in [6, 6.07) is 14.0. The van der Waals surface area contributed by atoms with Crippen molar-refractivity contribution in [3.8, 4) is 5.75 Å². The molecule has 0 spiro atoms. The zero-order chi connectivity index (χ0) is 17.7. The molecule has 1 amide bonds. The van der Waals surface area contributed by atoms with Crippen molar-refractivity contribution in [2.75, 3.05) is 11.4 Å². The zero-order valence-corrected chi connectivity index (χ0v) is 14.0. The summed E-state index contributed by atoms with van der Waals surface area (Å²) < 4.78 is 5.25. The van der Waals surface area contributed by atoms with Crippen LogP contribution in [0.2, 0.25) is 0 Å². The second kappa shape index (κ2) is 7.64. The fraction of sp³-hybridized carbons (Fsp3) is 0.263. The van der Waals surface area contributed by atoms with Crippen LogP contribution in [-0.2, 0) is 9.53 Å². The number of amides is 1. The number of aryl methyl sites for hydroxylation is 1. The number of phenolic OH excluding ortho intramolecular Hbond substituents is 1. The van der Waals surface area contributed by atoms with Crippen LogP contribution in [0.5, 0.6) is 5.75 Å². The largest absolute Gasteiger partial charge is 0.507 e. The first-order valence-electron chi connectivity index (χ1n) is 7.81. The lowest BCUT2D eigenvalue weighted by molar-refractivity contribution is -0.126. The molecule has 0 fully saturated rings. The van der Waals surface area contributed by atoms with Crippen LogP contribution in [0.25, 0.3) is 0 Å². The molecule has 126 valence electrons. The molecule has 0 aliphatic rings. The lowest BCUT2D eigenvalue weighted by Gasteiger charge is -2.24. The van der Waals surface area contributed by atoms with Crippen molar-refractivity contribution in [1.29, 1.82) is 0 Å². The molecule has 2 aromatic carbocycles. The van der Waals surface area contributed by atoms with Crippen LogP contribution in [0.15, 0.2) is 48.5 Å². The number of likely N-dealkylation sites (N-methyl/N-ethyl adjacent to an activating group) is 1. The number of hydrogen-bond donors (Lipinski definition) is 1. The normalized spacial score (nSPS) is 11.6. The minimum atomic E-state index is -0.961. The number of nitrogens with zero attached hydrogens (tertiary/aromatic N) is 1. The number of anilines is 1. The standard InChI is InChI=1S/C19H21NO4/c1-4-20(15-10-6-5-7-11-15)18(22)14(3)24-19(23)16-12-8-9-13(2)17(16)21/h5-12,14,21H,4H2,1-3H3/t14-/m1/s1. The number of carbonyl (C=O) groups is 2. The molecule has 2 aromatic rings. The molecule has 0 aromatic heterocycles. The van der Waals surface area contributed by atoms with Gasteiger partial charge in [-0.1, -0.05) is 30.3 Å². The van der Waals surface area contributed by atoms with Crippen LogP contribution >= 0.6 is 0 Å². The SMILES string of the molecule is CCN(C(=O)[C@@H](C)OC(=O)c1cccc(C)c1O)c1ccccc1. The Kier molecular flexibility index (Phi) is 5.58. The molecule has 5 heteroatoms. The summed E-state index contributed by atoms with van der Waals surface area (Å²) in [6.45, 7) is 5.53. The van der Waals surface area contributed by atoms with Crippen LogP contribution < -0.4 is 4.90 Å². The van der Waals surface area contributed by atoms with E-state index in [4.69, 9.17) is 4.74 Å². The fourth-order valence-electron chi connectivity index (χ4n) is 2.39. The third-order valence-corrected chi connectivity index (χ3v) is 3.74. The molecule has 0 aliphatic heterocycles. The van der Waals surface area contributed by atoms with Crippen molar-refractivity contribution < 1.29 is 19.4 Å². The van der Waals surface area contributed by atoms with E-state index in [-0.39, 0.29) is 17.2 Å². The zero-order valence-electron chi connectivity index (χ0n) is 14.0. The Balaban J connectivity index is 2.13. The van der Waals surface area contributed by atoms with Gasteiger partial charge in [0.15, 0.2) is 6.10 Å². The minimum absolute atomic E-state index is 0.0532. The molecule has 2 rings (SSSR count). The highest BCUT2D eigenvalue weighted by Gasteiger charge is 2.25. The van der Waals surface area contributed by atoms with E-state index in [1.807, 2.05) is 37.3 Å². The van der Waals surface area contributed by atoms with Crippen molar-refractivity contribution >= 4 is 17.6 Å². The summed E-state index contributed by atoms with van der Waals surface area (Å²) in [5, 5.41) is 9.96. The highest BCUT2D eigenvalue weighted by Crippen LogP contribution is 2.23. The smallest absolute Gasteiger partial charge is 0.342 e. The Labute approximate surface area is 141 Å². The van der Waals surface area contributed by atoms with Gasteiger partial charge in [0.2, 0.25) is 0 Å². The van der Waals surface area contributed by atoms with Crippen molar-refractivity contribution in [3.05, 3.63) is 59.7 Å². The molecule has 0 heterocycles. The van der Waals surface area contributed by atoms with Crippen molar-refractivity contribution in [1.82, 2.24) is 0 Å². The van der Waals surface area contributed by atoms with Gasteiger partial charge in [-0.15, -0.1) is 0 Å². The summed E-state index contributed by atoms with van der Waals surface area (Å²) in [4.78, 5) is 26.4.